The summed E-state index contributed by atoms with van der Waals surface area (Å²) >= 11 is 0. The summed E-state index contributed by atoms with van der Waals surface area (Å²) < 4.78 is 12.3. The summed E-state index contributed by atoms with van der Waals surface area (Å²) in [5.41, 5.74) is 3.81. The van der Waals surface area contributed by atoms with Gasteiger partial charge >= 0.3 is 0 Å². The van der Waals surface area contributed by atoms with Crippen molar-refractivity contribution in [2.75, 3.05) is 6.54 Å². The third-order valence-corrected chi connectivity index (χ3v) is 1.57. The summed E-state index contributed by atoms with van der Waals surface area (Å²) in [4.78, 5) is 0. The predicted molar refractivity (Wildman–Crippen MR) is 47.7 cm³/mol. The minimum Gasteiger partial charge on any atom is -0.271 e. The Morgan fingerprint density at radius 1 is 1.42 bits per heavy atom. The van der Waals surface area contributed by atoms with Crippen LogP contribution < -0.4 is 11.3 Å². The zero-order valence-electron chi connectivity index (χ0n) is 6.63. The molecule has 0 amide bonds. The van der Waals surface area contributed by atoms with Gasteiger partial charge < -0.3 is 0 Å². The highest BCUT2D eigenvalue weighted by atomic mass is 19.1. The number of hydrazine groups is 1. The number of hydrogen-bond acceptors (Lipinski definition) is 2. The van der Waals surface area contributed by atoms with E-state index in [9.17, 15) is 4.39 Å². The van der Waals surface area contributed by atoms with Crippen molar-refractivity contribution in [3.63, 3.8) is 0 Å². The van der Waals surface area contributed by atoms with Crippen LogP contribution in [0.3, 0.4) is 0 Å². The van der Waals surface area contributed by atoms with E-state index in [1.54, 1.807) is 0 Å². The Kier molecular flexibility index (Phi) is 3.44. The fourth-order valence-electron chi connectivity index (χ4n) is 0.966. The Morgan fingerprint density at radius 2 is 2.08 bits per heavy atom. The summed E-state index contributed by atoms with van der Waals surface area (Å²) in [6.45, 7) is 0.334. The Bertz CT molecular complexity index is 256. The predicted octanol–water partition coefficient (Wildman–Crippen LogP) is 1.46. The molecule has 0 heterocycles. The van der Waals surface area contributed by atoms with Gasteiger partial charge in [0.25, 0.3) is 0 Å². The molecular formula is C9H11FN2. The van der Waals surface area contributed by atoms with Crippen molar-refractivity contribution < 1.29 is 4.39 Å². The summed E-state index contributed by atoms with van der Waals surface area (Å²) in [5, 5.41) is 0. The van der Waals surface area contributed by atoms with Crippen LogP contribution in [0.2, 0.25) is 0 Å². The summed E-state index contributed by atoms with van der Waals surface area (Å²) in [7, 11) is 0. The van der Waals surface area contributed by atoms with Crippen LogP contribution in [-0.4, -0.2) is 6.54 Å². The molecule has 3 N–H and O–H groups in total. The lowest BCUT2D eigenvalue weighted by Gasteiger charge is -2.03. The lowest BCUT2D eigenvalue weighted by molar-refractivity contribution is 0.714. The zero-order valence-corrected chi connectivity index (χ0v) is 6.63. The largest absolute Gasteiger partial charge is 0.271 e. The van der Waals surface area contributed by atoms with Crippen LogP contribution in [0.1, 0.15) is 5.56 Å². The van der Waals surface area contributed by atoms with Gasteiger partial charge in [0.15, 0.2) is 0 Å². The number of benzene rings is 1. The fourth-order valence-corrected chi connectivity index (χ4v) is 0.966. The summed E-state index contributed by atoms with van der Waals surface area (Å²) in [6, 6.07) is 9.27. The minimum atomic E-state index is 0.334. The van der Waals surface area contributed by atoms with Crippen LogP contribution in [0.15, 0.2) is 36.7 Å². The molecule has 0 fully saturated rings. The maximum absolute atomic E-state index is 12.3. The normalized spacial score (nSPS) is 11.7. The van der Waals surface area contributed by atoms with E-state index >= 15 is 0 Å². The summed E-state index contributed by atoms with van der Waals surface area (Å²) in [5.74, 6) is 5.08. The van der Waals surface area contributed by atoms with Crippen molar-refractivity contribution in [3.8, 4) is 0 Å². The van der Waals surface area contributed by atoms with E-state index in [4.69, 9.17) is 5.84 Å². The molecule has 0 radical (unpaired) electrons. The van der Waals surface area contributed by atoms with Gasteiger partial charge in [-0.3, -0.25) is 11.3 Å². The number of hydrogen-bond donors (Lipinski definition) is 2. The minimum absolute atomic E-state index is 0.334. The van der Waals surface area contributed by atoms with Gasteiger partial charge in [-0.15, -0.1) is 0 Å². The molecule has 3 heteroatoms. The van der Waals surface area contributed by atoms with Crippen LogP contribution in [0.25, 0.3) is 5.57 Å². The molecule has 0 saturated carbocycles. The molecular weight excluding hydrogens is 155 g/mol. The second kappa shape index (κ2) is 4.64. The first-order valence-electron chi connectivity index (χ1n) is 3.66. The van der Waals surface area contributed by atoms with Crippen molar-refractivity contribution in [2.24, 2.45) is 5.84 Å². The van der Waals surface area contributed by atoms with E-state index in [0.29, 0.717) is 18.4 Å². The van der Waals surface area contributed by atoms with Crippen molar-refractivity contribution in [3.05, 3.63) is 42.2 Å². The highest BCUT2D eigenvalue weighted by Crippen LogP contribution is 2.12. The molecule has 0 aromatic heterocycles. The molecule has 0 atom stereocenters. The number of rotatable bonds is 3. The van der Waals surface area contributed by atoms with E-state index in [1.807, 2.05) is 30.3 Å². The first-order chi connectivity index (χ1) is 5.88. The van der Waals surface area contributed by atoms with Crippen LogP contribution in [0.5, 0.6) is 0 Å². The van der Waals surface area contributed by atoms with Crippen LogP contribution in [0.4, 0.5) is 4.39 Å². The highest BCUT2D eigenvalue weighted by Gasteiger charge is 1.98. The van der Waals surface area contributed by atoms with E-state index in [2.05, 4.69) is 5.43 Å². The van der Waals surface area contributed by atoms with Crippen LogP contribution in [-0.2, 0) is 0 Å². The molecule has 1 rings (SSSR count). The summed E-state index contributed by atoms with van der Waals surface area (Å²) in [6.07, 6.45) is 0.565. The van der Waals surface area contributed by atoms with E-state index < -0.39 is 0 Å². The first-order valence-corrected chi connectivity index (χ1v) is 3.66. The number of nitrogens with one attached hydrogen (secondary N) is 1. The highest BCUT2D eigenvalue weighted by molar-refractivity contribution is 5.65. The van der Waals surface area contributed by atoms with Crippen LogP contribution in [0, 0.1) is 0 Å². The van der Waals surface area contributed by atoms with Gasteiger partial charge in [-0.1, -0.05) is 30.3 Å². The van der Waals surface area contributed by atoms with Gasteiger partial charge in [-0.05, 0) is 5.56 Å². The number of halogens is 1. The second-order valence-corrected chi connectivity index (χ2v) is 2.38. The van der Waals surface area contributed by atoms with Crippen molar-refractivity contribution >= 4 is 5.57 Å². The average molecular weight is 166 g/mol. The van der Waals surface area contributed by atoms with Gasteiger partial charge in [0.2, 0.25) is 0 Å². The molecule has 0 saturated heterocycles. The van der Waals surface area contributed by atoms with Crippen molar-refractivity contribution in [1.82, 2.24) is 5.43 Å². The van der Waals surface area contributed by atoms with Gasteiger partial charge in [-0.25, -0.2) is 4.39 Å². The second-order valence-electron chi connectivity index (χ2n) is 2.38. The molecule has 64 valence electrons. The zero-order chi connectivity index (χ0) is 8.81. The average Bonchev–Trinajstić information content (AvgIpc) is 2.15. The third kappa shape index (κ3) is 2.15. The maximum Gasteiger partial charge on any atom is 0.0918 e. The Hall–Kier alpha value is -1.19. The van der Waals surface area contributed by atoms with Gasteiger partial charge in [0.1, 0.15) is 0 Å². The molecule has 1 aromatic carbocycles. The molecule has 0 bridgehead atoms. The number of nitrogens with two attached hydrogens (primary N) is 1. The molecule has 1 aromatic rings. The molecule has 0 unspecified atom stereocenters. The van der Waals surface area contributed by atoms with Crippen molar-refractivity contribution in [1.29, 1.82) is 0 Å². The smallest absolute Gasteiger partial charge is 0.0918 e. The van der Waals surface area contributed by atoms with E-state index in [-0.39, 0.29) is 0 Å². The van der Waals surface area contributed by atoms with Gasteiger partial charge in [0, 0.05) is 12.1 Å². The molecule has 0 aliphatic carbocycles. The fraction of sp³-hybridized carbons (Fsp3) is 0.111. The lowest BCUT2D eigenvalue weighted by atomic mass is 10.1. The quantitative estimate of drug-likeness (QED) is 0.527. The standard InChI is InChI=1S/C9H11FN2/c10-6-9(7-12-11)8-4-2-1-3-5-8/h1-6,12H,7,11H2/b9-6+. The van der Waals surface area contributed by atoms with E-state index in [1.165, 1.54) is 0 Å². The Morgan fingerprint density at radius 3 is 2.58 bits per heavy atom. The van der Waals surface area contributed by atoms with Gasteiger partial charge in [0.05, 0.1) is 6.33 Å². The molecule has 0 aliphatic rings. The first kappa shape index (κ1) is 8.90. The molecule has 0 spiro atoms. The monoisotopic (exact) mass is 166 g/mol. The maximum atomic E-state index is 12.3. The van der Waals surface area contributed by atoms with E-state index in [0.717, 1.165) is 5.56 Å². The van der Waals surface area contributed by atoms with Crippen LogP contribution >= 0.6 is 0 Å². The SMILES string of the molecule is NNC/C(=C\F)c1ccccc1. The topological polar surface area (TPSA) is 38.0 Å². The molecule has 0 aliphatic heterocycles. The Balaban J connectivity index is 2.82. The molecule has 12 heavy (non-hydrogen) atoms. The molecule has 2 nitrogen and oxygen atoms in total. The third-order valence-electron chi connectivity index (χ3n) is 1.57. The van der Waals surface area contributed by atoms with Gasteiger partial charge in [-0.2, -0.15) is 0 Å². The Labute approximate surface area is 70.9 Å². The lowest BCUT2D eigenvalue weighted by Crippen LogP contribution is -2.23. The van der Waals surface area contributed by atoms with Crippen molar-refractivity contribution in [2.45, 2.75) is 0 Å².